The predicted octanol–water partition coefficient (Wildman–Crippen LogP) is 6.74. The van der Waals surface area contributed by atoms with Crippen molar-refractivity contribution in [1.29, 1.82) is 0 Å². The number of carbonyl (C=O) groups is 2. The van der Waals surface area contributed by atoms with Crippen molar-refractivity contribution in [3.63, 3.8) is 0 Å². The molecule has 0 heterocycles. The van der Waals surface area contributed by atoms with E-state index in [2.05, 4.69) is 5.32 Å². The van der Waals surface area contributed by atoms with Crippen LogP contribution in [0.3, 0.4) is 0 Å². The summed E-state index contributed by atoms with van der Waals surface area (Å²) in [6.07, 6.45) is 2.26. The van der Waals surface area contributed by atoms with Crippen LogP contribution in [0.4, 0.5) is 4.39 Å². The van der Waals surface area contributed by atoms with Crippen LogP contribution in [0.2, 0.25) is 15.1 Å². The van der Waals surface area contributed by atoms with Crippen molar-refractivity contribution in [2.75, 3.05) is 12.3 Å². The maximum atomic E-state index is 14.1. The Balaban J connectivity index is 2.18. The van der Waals surface area contributed by atoms with E-state index in [4.69, 9.17) is 34.8 Å². The number of halogens is 4. The second-order valence-corrected chi connectivity index (χ2v) is 9.76. The second-order valence-electron chi connectivity index (χ2n) is 7.52. The molecule has 2 aromatic rings. The molecule has 1 N–H and O–H groups in total. The van der Waals surface area contributed by atoms with E-state index in [0.29, 0.717) is 39.2 Å². The molecule has 0 saturated carbocycles. The highest BCUT2D eigenvalue weighted by atomic mass is 35.5. The monoisotopic (exact) mass is 532 g/mol. The summed E-state index contributed by atoms with van der Waals surface area (Å²) < 4.78 is 14.1. The van der Waals surface area contributed by atoms with Crippen LogP contribution in [-0.2, 0) is 21.9 Å². The van der Waals surface area contributed by atoms with Gasteiger partial charge in [-0.3, -0.25) is 9.59 Å². The predicted molar refractivity (Wildman–Crippen MR) is 137 cm³/mol. The van der Waals surface area contributed by atoms with Crippen LogP contribution in [0, 0.1) is 5.82 Å². The van der Waals surface area contributed by atoms with Crippen molar-refractivity contribution in [1.82, 2.24) is 10.2 Å². The number of nitrogens with zero attached hydrogens (tertiary/aromatic N) is 1. The Labute approximate surface area is 214 Å². The fourth-order valence-electron chi connectivity index (χ4n) is 3.25. The summed E-state index contributed by atoms with van der Waals surface area (Å²) >= 11 is 19.7. The number of nitrogens with one attached hydrogen (secondary N) is 1. The van der Waals surface area contributed by atoms with Crippen molar-refractivity contribution in [2.45, 2.75) is 51.4 Å². The van der Waals surface area contributed by atoms with Crippen molar-refractivity contribution in [3.8, 4) is 0 Å². The van der Waals surface area contributed by atoms with Crippen LogP contribution in [0.5, 0.6) is 0 Å². The lowest BCUT2D eigenvalue weighted by Crippen LogP contribution is -2.49. The molecule has 0 spiro atoms. The first-order chi connectivity index (χ1) is 15.8. The Morgan fingerprint density at radius 3 is 2.52 bits per heavy atom. The van der Waals surface area contributed by atoms with Gasteiger partial charge in [-0.25, -0.2) is 4.39 Å². The zero-order valence-corrected chi connectivity index (χ0v) is 21.8. The first-order valence-corrected chi connectivity index (χ1v) is 13.1. The summed E-state index contributed by atoms with van der Waals surface area (Å²) in [6, 6.07) is 8.90. The molecular weight excluding hydrogens is 506 g/mol. The largest absolute Gasteiger partial charge is 0.354 e. The van der Waals surface area contributed by atoms with Gasteiger partial charge in [0.1, 0.15) is 11.9 Å². The van der Waals surface area contributed by atoms with E-state index >= 15 is 0 Å². The fourth-order valence-corrected chi connectivity index (χ4v) is 4.97. The summed E-state index contributed by atoms with van der Waals surface area (Å²) in [4.78, 5) is 27.7. The topological polar surface area (TPSA) is 49.4 Å². The molecule has 0 fully saturated rings. The van der Waals surface area contributed by atoms with E-state index in [1.165, 1.54) is 28.8 Å². The molecular formula is C24H28Cl3FN2O2S. The van der Waals surface area contributed by atoms with E-state index in [9.17, 15) is 14.0 Å². The number of hydrogen-bond donors (Lipinski definition) is 1. The van der Waals surface area contributed by atoms with Gasteiger partial charge in [0.25, 0.3) is 0 Å². The van der Waals surface area contributed by atoms with Crippen LogP contribution in [-0.4, -0.2) is 35.1 Å². The SMILES string of the molecule is CCCCNC(=O)C(CC)N(Cc1ccc(Cl)cc1Cl)C(=O)CSCc1c(F)cccc1Cl. The molecule has 9 heteroatoms. The number of benzene rings is 2. The Morgan fingerprint density at radius 2 is 1.88 bits per heavy atom. The molecule has 33 heavy (non-hydrogen) atoms. The van der Waals surface area contributed by atoms with E-state index in [1.54, 1.807) is 24.3 Å². The molecule has 180 valence electrons. The Hall–Kier alpha value is -1.47. The standard InChI is InChI=1S/C24H28Cl3FN2O2S/c1-3-5-11-29-24(32)22(4-2)30(13-16-9-10-17(25)12-20(16)27)23(31)15-33-14-18-19(26)7-6-8-21(18)28/h6-10,12,22H,3-5,11,13-15H2,1-2H3,(H,29,32). The molecule has 2 aromatic carbocycles. The smallest absolute Gasteiger partial charge is 0.242 e. The van der Waals surface area contributed by atoms with Crippen LogP contribution >= 0.6 is 46.6 Å². The lowest BCUT2D eigenvalue weighted by Gasteiger charge is -2.31. The molecule has 2 rings (SSSR count). The van der Waals surface area contributed by atoms with Crippen molar-refractivity contribution in [3.05, 3.63) is 68.4 Å². The minimum absolute atomic E-state index is 0.0641. The normalized spacial score (nSPS) is 11.8. The third-order valence-electron chi connectivity index (χ3n) is 5.10. The molecule has 0 aliphatic heterocycles. The summed E-state index contributed by atoms with van der Waals surface area (Å²) in [5, 5.41) is 4.15. The molecule has 0 aliphatic rings. The number of amides is 2. The number of rotatable bonds is 12. The molecule has 0 aromatic heterocycles. The lowest BCUT2D eigenvalue weighted by molar-refractivity contribution is -0.139. The van der Waals surface area contributed by atoms with Gasteiger partial charge in [-0.1, -0.05) is 67.2 Å². The maximum absolute atomic E-state index is 14.1. The highest BCUT2D eigenvalue weighted by Gasteiger charge is 2.29. The first kappa shape index (κ1) is 27.8. The van der Waals surface area contributed by atoms with Crippen molar-refractivity contribution < 1.29 is 14.0 Å². The molecule has 0 bridgehead atoms. The van der Waals surface area contributed by atoms with E-state index in [0.717, 1.165) is 12.8 Å². The Morgan fingerprint density at radius 1 is 1.12 bits per heavy atom. The zero-order valence-electron chi connectivity index (χ0n) is 18.7. The lowest BCUT2D eigenvalue weighted by atomic mass is 10.1. The van der Waals surface area contributed by atoms with Gasteiger partial charge in [0.2, 0.25) is 11.8 Å². The quantitative estimate of drug-likeness (QED) is 0.307. The van der Waals surface area contributed by atoms with Crippen LogP contribution in [0.25, 0.3) is 0 Å². The number of thioether (sulfide) groups is 1. The zero-order chi connectivity index (χ0) is 24.4. The number of unbranched alkanes of at least 4 members (excludes halogenated alkanes) is 1. The molecule has 1 atom stereocenters. The van der Waals surface area contributed by atoms with Gasteiger partial charge >= 0.3 is 0 Å². The molecule has 4 nitrogen and oxygen atoms in total. The summed E-state index contributed by atoms with van der Waals surface area (Å²) in [6.45, 7) is 4.62. The molecule has 2 amide bonds. The van der Waals surface area contributed by atoms with Gasteiger partial charge in [0.15, 0.2) is 0 Å². The third-order valence-corrected chi connectivity index (χ3v) is 6.99. The summed E-state index contributed by atoms with van der Waals surface area (Å²) in [5.41, 5.74) is 1.05. The van der Waals surface area contributed by atoms with Gasteiger partial charge in [-0.2, -0.15) is 0 Å². The molecule has 0 saturated heterocycles. The average Bonchev–Trinajstić information content (AvgIpc) is 2.77. The van der Waals surface area contributed by atoms with Gasteiger partial charge in [0.05, 0.1) is 5.75 Å². The number of hydrogen-bond acceptors (Lipinski definition) is 3. The number of carbonyl (C=O) groups excluding carboxylic acids is 2. The Kier molecular flexibility index (Phi) is 11.8. The van der Waals surface area contributed by atoms with E-state index in [-0.39, 0.29) is 29.9 Å². The van der Waals surface area contributed by atoms with Crippen LogP contribution in [0.1, 0.15) is 44.2 Å². The van der Waals surface area contributed by atoms with Gasteiger partial charge in [-0.05, 0) is 42.7 Å². The maximum Gasteiger partial charge on any atom is 0.242 e. The highest BCUT2D eigenvalue weighted by Crippen LogP contribution is 2.26. The van der Waals surface area contributed by atoms with Crippen molar-refractivity contribution in [2.24, 2.45) is 0 Å². The molecule has 0 radical (unpaired) electrons. The second kappa shape index (κ2) is 14.1. The molecule has 0 aliphatic carbocycles. The fraction of sp³-hybridized carbons (Fsp3) is 0.417. The van der Waals surface area contributed by atoms with Crippen molar-refractivity contribution >= 4 is 58.4 Å². The summed E-state index contributed by atoms with van der Waals surface area (Å²) in [7, 11) is 0. The van der Waals surface area contributed by atoms with Crippen LogP contribution < -0.4 is 5.32 Å². The first-order valence-electron chi connectivity index (χ1n) is 10.8. The molecule has 1 unspecified atom stereocenters. The van der Waals surface area contributed by atoms with Gasteiger partial charge in [0, 0.05) is 39.5 Å². The van der Waals surface area contributed by atoms with E-state index in [1.807, 2.05) is 13.8 Å². The summed E-state index contributed by atoms with van der Waals surface area (Å²) in [5.74, 6) is -0.544. The third kappa shape index (κ3) is 8.36. The van der Waals surface area contributed by atoms with Crippen LogP contribution in [0.15, 0.2) is 36.4 Å². The highest BCUT2D eigenvalue weighted by molar-refractivity contribution is 7.99. The van der Waals surface area contributed by atoms with Gasteiger partial charge in [-0.15, -0.1) is 11.8 Å². The van der Waals surface area contributed by atoms with E-state index < -0.39 is 11.9 Å². The minimum Gasteiger partial charge on any atom is -0.354 e. The van der Waals surface area contributed by atoms with Gasteiger partial charge < -0.3 is 10.2 Å². The average molecular weight is 534 g/mol. The Bertz CT molecular complexity index is 941. The minimum atomic E-state index is -0.654.